The lowest BCUT2D eigenvalue weighted by Crippen LogP contribution is -2.58. The number of aryl methyl sites for hydroxylation is 1. The number of amides is 2. The molecule has 0 unspecified atom stereocenters. The van der Waals surface area contributed by atoms with Gasteiger partial charge in [-0.25, -0.2) is 13.4 Å². The molecule has 7 nitrogen and oxygen atoms in total. The molecule has 0 radical (unpaired) electrons. The summed E-state index contributed by atoms with van der Waals surface area (Å²) in [6.45, 7) is 6.76. The number of aromatic nitrogens is 1. The third kappa shape index (κ3) is 5.19. The van der Waals surface area contributed by atoms with E-state index in [0.29, 0.717) is 63.6 Å². The maximum absolute atomic E-state index is 12.6. The minimum atomic E-state index is -2.08. The van der Waals surface area contributed by atoms with Crippen LogP contribution in [0.2, 0.25) is 0 Å². The van der Waals surface area contributed by atoms with E-state index in [1.54, 1.807) is 0 Å². The third-order valence-corrected chi connectivity index (χ3v) is 7.70. The molecular formula is C19H30N4O3S. The summed E-state index contributed by atoms with van der Waals surface area (Å²) in [5.74, 6) is 1.13. The summed E-state index contributed by atoms with van der Waals surface area (Å²) in [4.78, 5) is 18.8. The molecule has 2 aliphatic heterocycles. The molecule has 1 N–H and O–H groups in total. The van der Waals surface area contributed by atoms with Crippen molar-refractivity contribution in [2.45, 2.75) is 38.7 Å². The van der Waals surface area contributed by atoms with E-state index in [-0.39, 0.29) is 11.6 Å². The highest BCUT2D eigenvalue weighted by atomic mass is 32.2. The molecule has 3 rings (SSSR count). The Morgan fingerprint density at radius 2 is 2.19 bits per heavy atom. The van der Waals surface area contributed by atoms with Crippen molar-refractivity contribution in [3.8, 4) is 0 Å². The van der Waals surface area contributed by atoms with Crippen molar-refractivity contribution in [3.63, 3.8) is 0 Å². The first kappa shape index (κ1) is 20.1. The third-order valence-electron chi connectivity index (χ3n) is 5.28. The van der Waals surface area contributed by atoms with Crippen LogP contribution in [0.3, 0.4) is 0 Å². The first-order valence-corrected chi connectivity index (χ1v) is 11.6. The SMILES string of the molecule is CCN=S1(=O)CCC2(CC1)CN(C(=O)NCCc1ccc(C)cn1)CCO2. The molecule has 0 aromatic carbocycles. The van der Waals surface area contributed by atoms with Crippen molar-refractivity contribution in [1.82, 2.24) is 15.2 Å². The Hall–Kier alpha value is -1.67. The van der Waals surface area contributed by atoms with Gasteiger partial charge in [-0.15, -0.1) is 0 Å². The van der Waals surface area contributed by atoms with E-state index in [4.69, 9.17) is 4.74 Å². The summed E-state index contributed by atoms with van der Waals surface area (Å²) in [7, 11) is -2.08. The molecule has 0 atom stereocenters. The second kappa shape index (κ2) is 8.56. The van der Waals surface area contributed by atoms with E-state index in [0.717, 1.165) is 11.3 Å². The second-order valence-corrected chi connectivity index (χ2v) is 10.0. The summed E-state index contributed by atoms with van der Waals surface area (Å²) in [6, 6.07) is 3.96. The van der Waals surface area contributed by atoms with Crippen molar-refractivity contribution < 1.29 is 13.7 Å². The Bertz CT molecular complexity index is 758. The zero-order valence-corrected chi connectivity index (χ0v) is 17.1. The predicted molar refractivity (Wildman–Crippen MR) is 106 cm³/mol. The fraction of sp³-hybridized carbons (Fsp3) is 0.684. The monoisotopic (exact) mass is 394 g/mol. The largest absolute Gasteiger partial charge is 0.371 e. The van der Waals surface area contributed by atoms with Gasteiger partial charge in [-0.3, -0.25) is 4.98 Å². The van der Waals surface area contributed by atoms with Gasteiger partial charge in [0.05, 0.1) is 18.8 Å². The normalized spacial score (nSPS) is 28.1. The predicted octanol–water partition coefficient (Wildman–Crippen LogP) is 1.99. The topological polar surface area (TPSA) is 83.9 Å². The molecule has 1 aromatic rings. The Labute approximate surface area is 162 Å². The highest BCUT2D eigenvalue weighted by Gasteiger charge is 2.42. The van der Waals surface area contributed by atoms with Crippen LogP contribution in [-0.4, -0.2) is 70.0 Å². The zero-order valence-electron chi connectivity index (χ0n) is 16.3. The van der Waals surface area contributed by atoms with Crippen LogP contribution in [-0.2, 0) is 20.9 Å². The van der Waals surface area contributed by atoms with Gasteiger partial charge in [0, 0.05) is 59.2 Å². The molecular weight excluding hydrogens is 364 g/mol. The maximum atomic E-state index is 12.6. The summed E-state index contributed by atoms with van der Waals surface area (Å²) in [5.41, 5.74) is 1.74. The number of hydrogen-bond acceptors (Lipinski definition) is 5. The number of hydrogen-bond donors (Lipinski definition) is 1. The summed E-state index contributed by atoms with van der Waals surface area (Å²) in [6.07, 6.45) is 3.95. The van der Waals surface area contributed by atoms with E-state index in [9.17, 15) is 9.00 Å². The number of pyridine rings is 1. The summed E-state index contributed by atoms with van der Waals surface area (Å²) < 4.78 is 23.0. The van der Waals surface area contributed by atoms with Gasteiger partial charge in [0.1, 0.15) is 0 Å². The van der Waals surface area contributed by atoms with Crippen LogP contribution < -0.4 is 5.32 Å². The Morgan fingerprint density at radius 1 is 1.41 bits per heavy atom. The van der Waals surface area contributed by atoms with E-state index in [1.807, 2.05) is 37.1 Å². The van der Waals surface area contributed by atoms with Gasteiger partial charge >= 0.3 is 6.03 Å². The number of urea groups is 1. The molecule has 2 aliphatic rings. The van der Waals surface area contributed by atoms with Crippen molar-refractivity contribution in [3.05, 3.63) is 29.6 Å². The van der Waals surface area contributed by atoms with E-state index < -0.39 is 9.73 Å². The van der Waals surface area contributed by atoms with Crippen LogP contribution in [0.1, 0.15) is 31.0 Å². The standard InChI is InChI=1S/C19H30N4O3S/c1-3-22-27(25)12-7-19(8-13-27)15-23(10-11-26-19)18(24)20-9-6-17-5-4-16(2)14-21-17/h4-5,14H,3,6-13,15H2,1-2H3,(H,20,24). The van der Waals surface area contributed by atoms with Crippen LogP contribution >= 0.6 is 0 Å². The van der Waals surface area contributed by atoms with Crippen molar-refractivity contribution in [2.75, 3.05) is 44.3 Å². The van der Waals surface area contributed by atoms with Crippen LogP contribution in [0.15, 0.2) is 22.7 Å². The number of nitrogens with one attached hydrogen (secondary N) is 1. The average molecular weight is 395 g/mol. The van der Waals surface area contributed by atoms with E-state index in [2.05, 4.69) is 14.7 Å². The van der Waals surface area contributed by atoms with Gasteiger partial charge < -0.3 is 15.0 Å². The van der Waals surface area contributed by atoms with E-state index >= 15 is 0 Å². The van der Waals surface area contributed by atoms with Crippen molar-refractivity contribution in [1.29, 1.82) is 0 Å². The minimum absolute atomic E-state index is 0.0608. The highest BCUT2D eigenvalue weighted by molar-refractivity contribution is 7.93. The fourth-order valence-electron chi connectivity index (χ4n) is 3.66. The summed E-state index contributed by atoms with van der Waals surface area (Å²) in [5, 5.41) is 2.99. The molecule has 8 heteroatoms. The second-order valence-electron chi connectivity index (χ2n) is 7.39. The van der Waals surface area contributed by atoms with Gasteiger partial charge in [-0.2, -0.15) is 0 Å². The Balaban J connectivity index is 1.50. The van der Waals surface area contributed by atoms with Crippen LogP contribution in [0.4, 0.5) is 4.79 Å². The van der Waals surface area contributed by atoms with Crippen LogP contribution in [0.5, 0.6) is 0 Å². The average Bonchev–Trinajstić information content (AvgIpc) is 2.67. The lowest BCUT2D eigenvalue weighted by Gasteiger charge is -2.45. The Morgan fingerprint density at radius 3 is 2.85 bits per heavy atom. The molecule has 0 bridgehead atoms. The molecule has 0 saturated carbocycles. The lowest BCUT2D eigenvalue weighted by molar-refractivity contribution is -0.102. The first-order valence-electron chi connectivity index (χ1n) is 9.70. The maximum Gasteiger partial charge on any atom is 0.317 e. The van der Waals surface area contributed by atoms with Crippen molar-refractivity contribution >= 4 is 15.8 Å². The number of rotatable bonds is 4. The van der Waals surface area contributed by atoms with Gasteiger partial charge in [0.15, 0.2) is 0 Å². The van der Waals surface area contributed by atoms with Crippen LogP contribution in [0.25, 0.3) is 0 Å². The van der Waals surface area contributed by atoms with Crippen molar-refractivity contribution in [2.24, 2.45) is 4.36 Å². The number of morpholine rings is 1. The first-order chi connectivity index (χ1) is 12.9. The number of nitrogens with zero attached hydrogens (tertiary/aromatic N) is 3. The molecule has 1 spiro atoms. The van der Waals surface area contributed by atoms with Gasteiger partial charge in [-0.1, -0.05) is 6.07 Å². The van der Waals surface area contributed by atoms with Gasteiger partial charge in [-0.05, 0) is 38.3 Å². The number of carbonyl (C=O) groups is 1. The van der Waals surface area contributed by atoms with Gasteiger partial charge in [0.2, 0.25) is 0 Å². The number of carbonyl (C=O) groups excluding carboxylic acids is 1. The molecule has 2 saturated heterocycles. The summed E-state index contributed by atoms with van der Waals surface area (Å²) >= 11 is 0. The lowest BCUT2D eigenvalue weighted by atomic mass is 9.94. The number of ether oxygens (including phenoxy) is 1. The molecule has 0 aliphatic carbocycles. The molecule has 2 amide bonds. The minimum Gasteiger partial charge on any atom is -0.371 e. The molecule has 1 aromatic heterocycles. The fourth-order valence-corrected chi connectivity index (χ4v) is 5.97. The zero-order chi connectivity index (χ0) is 19.3. The molecule has 2 fully saturated rings. The van der Waals surface area contributed by atoms with E-state index in [1.165, 1.54) is 0 Å². The Kier molecular flexibility index (Phi) is 6.37. The molecule has 27 heavy (non-hydrogen) atoms. The smallest absolute Gasteiger partial charge is 0.317 e. The van der Waals surface area contributed by atoms with Gasteiger partial charge in [0.25, 0.3) is 0 Å². The quantitative estimate of drug-likeness (QED) is 0.846. The molecule has 3 heterocycles. The van der Waals surface area contributed by atoms with Crippen LogP contribution in [0, 0.1) is 6.92 Å². The highest BCUT2D eigenvalue weighted by Crippen LogP contribution is 2.32. The molecule has 150 valence electrons.